The van der Waals surface area contributed by atoms with E-state index in [0.29, 0.717) is 11.0 Å². The molecule has 1 aliphatic carbocycles. The molecule has 0 saturated carbocycles. The number of rotatable bonds is 8. The Labute approximate surface area is 137 Å². The molecule has 1 aliphatic rings. The molecule has 1 aromatic rings. The number of hydrogen-bond donors (Lipinski definition) is 0. The molecule has 0 radical (unpaired) electrons. The van der Waals surface area contributed by atoms with Gasteiger partial charge in [0.05, 0.1) is 12.3 Å². The van der Waals surface area contributed by atoms with Crippen molar-refractivity contribution in [1.82, 2.24) is 4.98 Å². The highest BCUT2D eigenvalue weighted by atomic mass is 32.2. The fourth-order valence-electron chi connectivity index (χ4n) is 1.91. The average Bonchev–Trinajstić information content (AvgIpc) is 2.53. The van der Waals surface area contributed by atoms with Crippen molar-refractivity contribution in [3.05, 3.63) is 48.3 Å². The molecule has 1 heterocycles. The van der Waals surface area contributed by atoms with Crippen molar-refractivity contribution in [2.75, 3.05) is 19.8 Å². The van der Waals surface area contributed by atoms with Crippen LogP contribution in [0.4, 0.5) is 13.2 Å². The third-order valence-electron chi connectivity index (χ3n) is 2.94. The maximum Gasteiger partial charge on any atom is 0.411 e. The molecule has 23 heavy (non-hydrogen) atoms. The van der Waals surface area contributed by atoms with Crippen LogP contribution in [0.25, 0.3) is 0 Å². The van der Waals surface area contributed by atoms with E-state index < -0.39 is 12.8 Å². The van der Waals surface area contributed by atoms with Gasteiger partial charge >= 0.3 is 6.18 Å². The molecule has 1 aromatic heterocycles. The molecule has 0 saturated heterocycles. The second-order valence-corrected chi connectivity index (χ2v) is 6.12. The van der Waals surface area contributed by atoms with E-state index >= 15 is 0 Å². The Kier molecular flexibility index (Phi) is 6.98. The Bertz CT molecular complexity index is 546. The molecule has 126 valence electrons. The zero-order chi connectivity index (χ0) is 16.5. The predicted molar refractivity (Wildman–Crippen MR) is 84.6 cm³/mol. The summed E-state index contributed by atoms with van der Waals surface area (Å²) in [7, 11) is 0. The molecule has 0 fully saturated rings. The standard InChI is InChI=1S/C16H18F3NO2S/c17-16(18,19)12-21-8-9-22-14-6-7-20-13(10-14)11-23-15-4-2-1-3-5-15/h1-4,6-7,10,15H,5,8-9,11-12H2. The number of ether oxygens (including phenoxy) is 2. The fraction of sp³-hybridized carbons (Fsp3) is 0.438. The third kappa shape index (κ3) is 7.56. The molecule has 2 rings (SSSR count). The monoisotopic (exact) mass is 345 g/mol. The SMILES string of the molecule is FC(F)(F)COCCOc1ccnc(CSC2C=CC=CC2)c1. The lowest BCUT2D eigenvalue weighted by atomic mass is 10.2. The molecular weight excluding hydrogens is 327 g/mol. The molecule has 1 unspecified atom stereocenters. The van der Waals surface area contributed by atoms with Crippen LogP contribution in [-0.4, -0.2) is 36.2 Å². The van der Waals surface area contributed by atoms with Crippen LogP contribution in [0.1, 0.15) is 12.1 Å². The predicted octanol–water partition coefficient (Wildman–Crippen LogP) is 4.16. The van der Waals surface area contributed by atoms with Gasteiger partial charge in [-0.05, 0) is 12.5 Å². The Hall–Kier alpha value is -1.47. The van der Waals surface area contributed by atoms with E-state index in [9.17, 15) is 13.2 Å². The van der Waals surface area contributed by atoms with E-state index in [1.54, 1.807) is 30.1 Å². The minimum atomic E-state index is -4.30. The number of halogens is 3. The van der Waals surface area contributed by atoms with Crippen LogP contribution in [0.2, 0.25) is 0 Å². The van der Waals surface area contributed by atoms with Gasteiger partial charge in [-0.3, -0.25) is 4.98 Å². The third-order valence-corrected chi connectivity index (χ3v) is 4.18. The van der Waals surface area contributed by atoms with Gasteiger partial charge in [0, 0.05) is 23.3 Å². The second kappa shape index (κ2) is 8.98. The summed E-state index contributed by atoms with van der Waals surface area (Å²) in [6, 6.07) is 3.49. The molecule has 0 amide bonds. The topological polar surface area (TPSA) is 31.4 Å². The van der Waals surface area contributed by atoms with Gasteiger partial charge in [0.2, 0.25) is 0 Å². The smallest absolute Gasteiger partial charge is 0.411 e. The quantitative estimate of drug-likeness (QED) is 0.662. The zero-order valence-electron chi connectivity index (χ0n) is 12.5. The van der Waals surface area contributed by atoms with E-state index in [4.69, 9.17) is 4.74 Å². The molecule has 7 heteroatoms. The van der Waals surface area contributed by atoms with Crippen LogP contribution in [0.5, 0.6) is 5.75 Å². The van der Waals surface area contributed by atoms with Crippen LogP contribution >= 0.6 is 11.8 Å². The van der Waals surface area contributed by atoms with Gasteiger partial charge in [0.15, 0.2) is 0 Å². The van der Waals surface area contributed by atoms with Crippen LogP contribution in [0, 0.1) is 0 Å². The zero-order valence-corrected chi connectivity index (χ0v) is 13.3. The lowest BCUT2D eigenvalue weighted by Gasteiger charge is -2.13. The minimum Gasteiger partial charge on any atom is -0.491 e. The van der Waals surface area contributed by atoms with Gasteiger partial charge in [-0.15, -0.1) is 11.8 Å². The van der Waals surface area contributed by atoms with Crippen LogP contribution in [-0.2, 0) is 10.5 Å². The lowest BCUT2D eigenvalue weighted by molar-refractivity contribution is -0.175. The van der Waals surface area contributed by atoms with Gasteiger partial charge in [-0.2, -0.15) is 13.2 Å². The Morgan fingerprint density at radius 1 is 1.26 bits per heavy atom. The molecule has 0 aliphatic heterocycles. The lowest BCUT2D eigenvalue weighted by Crippen LogP contribution is -2.19. The first-order valence-electron chi connectivity index (χ1n) is 7.20. The molecule has 1 atom stereocenters. The van der Waals surface area contributed by atoms with Crippen LogP contribution < -0.4 is 4.74 Å². The molecule has 0 N–H and O–H groups in total. The summed E-state index contributed by atoms with van der Waals surface area (Å²) in [5, 5.41) is 0.446. The first-order valence-corrected chi connectivity index (χ1v) is 8.25. The highest BCUT2D eigenvalue weighted by Gasteiger charge is 2.27. The first-order chi connectivity index (χ1) is 11.0. The summed E-state index contributed by atoms with van der Waals surface area (Å²) >= 11 is 1.79. The van der Waals surface area contributed by atoms with Crippen molar-refractivity contribution in [1.29, 1.82) is 0 Å². The summed E-state index contributed by atoms with van der Waals surface area (Å²) in [6.07, 6.45) is 6.70. The summed E-state index contributed by atoms with van der Waals surface area (Å²) in [4.78, 5) is 4.28. The number of pyridine rings is 1. The largest absolute Gasteiger partial charge is 0.491 e. The number of nitrogens with zero attached hydrogens (tertiary/aromatic N) is 1. The van der Waals surface area contributed by atoms with Gasteiger partial charge in [0.25, 0.3) is 0 Å². The normalized spacial score (nSPS) is 17.4. The van der Waals surface area contributed by atoms with Crippen molar-refractivity contribution in [2.45, 2.75) is 23.6 Å². The summed E-state index contributed by atoms with van der Waals surface area (Å²) < 4.78 is 45.6. The fourth-order valence-corrected chi connectivity index (χ4v) is 2.90. The molecule has 0 bridgehead atoms. The number of aromatic nitrogens is 1. The maximum absolute atomic E-state index is 11.9. The van der Waals surface area contributed by atoms with E-state index in [1.807, 2.05) is 12.2 Å². The van der Waals surface area contributed by atoms with Crippen molar-refractivity contribution in [3.8, 4) is 5.75 Å². The van der Waals surface area contributed by atoms with Crippen LogP contribution in [0.3, 0.4) is 0 Å². The van der Waals surface area contributed by atoms with E-state index in [0.717, 1.165) is 17.9 Å². The van der Waals surface area contributed by atoms with Crippen molar-refractivity contribution >= 4 is 11.8 Å². The van der Waals surface area contributed by atoms with E-state index in [2.05, 4.69) is 21.9 Å². The van der Waals surface area contributed by atoms with E-state index in [-0.39, 0.29) is 13.2 Å². The van der Waals surface area contributed by atoms with Crippen LogP contribution in [0.15, 0.2) is 42.6 Å². The Morgan fingerprint density at radius 3 is 2.87 bits per heavy atom. The molecule has 0 spiro atoms. The second-order valence-electron chi connectivity index (χ2n) is 4.90. The highest BCUT2D eigenvalue weighted by Crippen LogP contribution is 2.24. The number of hydrogen-bond acceptors (Lipinski definition) is 4. The number of allylic oxidation sites excluding steroid dienone is 3. The summed E-state index contributed by atoms with van der Waals surface area (Å²) in [6.45, 7) is -1.29. The molecule has 0 aromatic carbocycles. The van der Waals surface area contributed by atoms with E-state index in [1.165, 1.54) is 0 Å². The van der Waals surface area contributed by atoms with Crippen molar-refractivity contribution in [3.63, 3.8) is 0 Å². The summed E-state index contributed by atoms with van der Waals surface area (Å²) in [5.74, 6) is 1.34. The number of thioether (sulfide) groups is 1. The first kappa shape index (κ1) is 17.9. The highest BCUT2D eigenvalue weighted by molar-refractivity contribution is 7.99. The van der Waals surface area contributed by atoms with Crippen molar-refractivity contribution in [2.24, 2.45) is 0 Å². The molecule has 3 nitrogen and oxygen atoms in total. The van der Waals surface area contributed by atoms with Gasteiger partial charge in [0.1, 0.15) is 19.0 Å². The number of alkyl halides is 3. The van der Waals surface area contributed by atoms with Crippen molar-refractivity contribution < 1.29 is 22.6 Å². The Balaban J connectivity index is 1.69. The molecular formula is C16H18F3NO2S. The summed E-state index contributed by atoms with van der Waals surface area (Å²) in [5.41, 5.74) is 0.881. The Morgan fingerprint density at radius 2 is 2.13 bits per heavy atom. The minimum absolute atomic E-state index is 0.0723. The maximum atomic E-state index is 11.9. The van der Waals surface area contributed by atoms with Gasteiger partial charge in [-0.1, -0.05) is 24.3 Å². The average molecular weight is 345 g/mol. The van der Waals surface area contributed by atoms with Gasteiger partial charge < -0.3 is 9.47 Å². The van der Waals surface area contributed by atoms with Gasteiger partial charge in [-0.25, -0.2) is 0 Å².